The van der Waals surface area contributed by atoms with E-state index in [4.69, 9.17) is 5.73 Å². The van der Waals surface area contributed by atoms with Crippen LogP contribution in [0.25, 0.3) is 0 Å². The normalized spacial score (nSPS) is 16.0. The Kier molecular flexibility index (Phi) is 3.40. The van der Waals surface area contributed by atoms with Gasteiger partial charge in [-0.15, -0.1) is 11.3 Å². The number of rotatable bonds is 2. The van der Waals surface area contributed by atoms with E-state index in [2.05, 4.69) is 17.3 Å². The molecule has 1 aliphatic heterocycles. The monoisotopic (exact) mass is 253 g/mol. The molecule has 0 aromatic carbocycles. The maximum atomic E-state index is 12.1. The van der Waals surface area contributed by atoms with Crippen molar-refractivity contribution in [1.82, 2.24) is 10.2 Å². The highest BCUT2D eigenvalue weighted by atomic mass is 32.1. The highest BCUT2D eigenvalue weighted by molar-refractivity contribution is 7.16. The Balaban J connectivity index is 2.32. The number of nitrogens with two attached hydrogens (primary N) is 1. The van der Waals surface area contributed by atoms with Crippen molar-refractivity contribution >= 4 is 22.2 Å². The molecule has 4 nitrogen and oxygen atoms in total. The first-order valence-electron chi connectivity index (χ1n) is 5.88. The second kappa shape index (κ2) is 4.66. The van der Waals surface area contributed by atoms with Crippen LogP contribution in [0.4, 0.5) is 5.00 Å². The highest BCUT2D eigenvalue weighted by Gasteiger charge is 2.25. The van der Waals surface area contributed by atoms with Gasteiger partial charge in [-0.25, -0.2) is 0 Å². The molecule has 0 radical (unpaired) electrons. The van der Waals surface area contributed by atoms with Crippen molar-refractivity contribution in [2.75, 3.05) is 19.3 Å². The van der Waals surface area contributed by atoms with Crippen molar-refractivity contribution in [2.45, 2.75) is 32.9 Å². The number of anilines is 1. The number of nitrogens with one attached hydrogen (secondary N) is 1. The number of carbonyl (C=O) groups is 1. The highest BCUT2D eigenvalue weighted by Crippen LogP contribution is 2.34. The van der Waals surface area contributed by atoms with E-state index in [0.717, 1.165) is 25.1 Å². The van der Waals surface area contributed by atoms with Crippen molar-refractivity contribution in [3.05, 3.63) is 16.0 Å². The van der Waals surface area contributed by atoms with Crippen molar-refractivity contribution in [3.8, 4) is 0 Å². The SMILES string of the molecule is CC(C)NC(=O)c1c(N)sc2c1CCN(C)C2. The predicted octanol–water partition coefficient (Wildman–Crippen LogP) is 1.46. The average molecular weight is 253 g/mol. The molecule has 94 valence electrons. The largest absolute Gasteiger partial charge is 0.390 e. The molecule has 2 heterocycles. The molecule has 0 bridgehead atoms. The van der Waals surface area contributed by atoms with Gasteiger partial charge in [0.1, 0.15) is 0 Å². The van der Waals surface area contributed by atoms with E-state index in [9.17, 15) is 4.79 Å². The van der Waals surface area contributed by atoms with E-state index in [1.165, 1.54) is 4.88 Å². The molecule has 1 amide bonds. The van der Waals surface area contributed by atoms with Crippen LogP contribution in [0.5, 0.6) is 0 Å². The Morgan fingerprint density at radius 3 is 2.88 bits per heavy atom. The maximum absolute atomic E-state index is 12.1. The summed E-state index contributed by atoms with van der Waals surface area (Å²) in [6.07, 6.45) is 0.917. The topological polar surface area (TPSA) is 58.4 Å². The summed E-state index contributed by atoms with van der Waals surface area (Å²) in [5, 5.41) is 3.58. The molecule has 1 aliphatic rings. The third-order valence-electron chi connectivity index (χ3n) is 2.92. The predicted molar refractivity (Wildman–Crippen MR) is 71.4 cm³/mol. The summed E-state index contributed by atoms with van der Waals surface area (Å²) < 4.78 is 0. The fourth-order valence-electron chi connectivity index (χ4n) is 2.14. The zero-order valence-corrected chi connectivity index (χ0v) is 11.4. The maximum Gasteiger partial charge on any atom is 0.254 e. The number of hydrogen-bond donors (Lipinski definition) is 2. The van der Waals surface area contributed by atoms with Gasteiger partial charge in [-0.2, -0.15) is 0 Å². The lowest BCUT2D eigenvalue weighted by Crippen LogP contribution is -2.32. The van der Waals surface area contributed by atoms with Crippen molar-refractivity contribution in [3.63, 3.8) is 0 Å². The summed E-state index contributed by atoms with van der Waals surface area (Å²) >= 11 is 1.55. The fourth-order valence-corrected chi connectivity index (χ4v) is 3.33. The molecular formula is C12H19N3OS. The molecule has 2 rings (SSSR count). The summed E-state index contributed by atoms with van der Waals surface area (Å²) in [5.74, 6) is -0.0282. The summed E-state index contributed by atoms with van der Waals surface area (Å²) in [5.41, 5.74) is 7.85. The molecular weight excluding hydrogens is 234 g/mol. The van der Waals surface area contributed by atoms with Crippen molar-refractivity contribution < 1.29 is 4.79 Å². The average Bonchev–Trinajstić information content (AvgIpc) is 2.51. The molecule has 0 fully saturated rings. The van der Waals surface area contributed by atoms with Gasteiger partial charge >= 0.3 is 0 Å². The molecule has 3 N–H and O–H groups in total. The summed E-state index contributed by atoms with van der Waals surface area (Å²) in [6, 6.07) is 0.142. The van der Waals surface area contributed by atoms with Crippen LogP contribution < -0.4 is 11.1 Å². The van der Waals surface area contributed by atoms with E-state index in [1.54, 1.807) is 11.3 Å². The van der Waals surface area contributed by atoms with Gasteiger partial charge in [0.2, 0.25) is 0 Å². The van der Waals surface area contributed by atoms with Crippen molar-refractivity contribution in [1.29, 1.82) is 0 Å². The van der Waals surface area contributed by atoms with E-state index >= 15 is 0 Å². The number of hydrogen-bond acceptors (Lipinski definition) is 4. The van der Waals surface area contributed by atoms with Gasteiger partial charge < -0.3 is 16.0 Å². The van der Waals surface area contributed by atoms with Gasteiger partial charge in [0.15, 0.2) is 0 Å². The third kappa shape index (κ3) is 2.45. The number of amides is 1. The van der Waals surface area contributed by atoms with Crippen LogP contribution >= 0.6 is 11.3 Å². The Morgan fingerprint density at radius 2 is 2.24 bits per heavy atom. The van der Waals surface area contributed by atoms with Crippen molar-refractivity contribution in [2.24, 2.45) is 0 Å². The second-order valence-electron chi connectivity index (χ2n) is 4.86. The quantitative estimate of drug-likeness (QED) is 0.839. The molecule has 0 unspecified atom stereocenters. The van der Waals surface area contributed by atoms with Crippen LogP contribution in [0.15, 0.2) is 0 Å². The third-order valence-corrected chi connectivity index (χ3v) is 3.97. The van der Waals surface area contributed by atoms with Gasteiger partial charge in [0, 0.05) is 24.0 Å². The number of nitrogen functional groups attached to an aromatic ring is 1. The van der Waals surface area contributed by atoms with Crippen LogP contribution in [0, 0.1) is 0 Å². The minimum Gasteiger partial charge on any atom is -0.390 e. The fraction of sp³-hybridized carbons (Fsp3) is 0.583. The Bertz CT molecular complexity index is 439. The Hall–Kier alpha value is -1.07. The Labute approximate surface area is 106 Å². The molecule has 17 heavy (non-hydrogen) atoms. The van der Waals surface area contributed by atoms with Gasteiger partial charge in [-0.3, -0.25) is 4.79 Å². The molecule has 1 aromatic rings. The van der Waals surface area contributed by atoms with Crippen LogP contribution in [0.1, 0.15) is 34.6 Å². The van der Waals surface area contributed by atoms with Gasteiger partial charge in [-0.1, -0.05) is 0 Å². The zero-order chi connectivity index (χ0) is 12.6. The summed E-state index contributed by atoms with van der Waals surface area (Å²) in [7, 11) is 2.09. The molecule has 0 aliphatic carbocycles. The van der Waals surface area contributed by atoms with E-state index in [0.29, 0.717) is 10.6 Å². The van der Waals surface area contributed by atoms with Gasteiger partial charge in [0.25, 0.3) is 5.91 Å². The van der Waals surface area contributed by atoms with Gasteiger partial charge in [-0.05, 0) is 32.9 Å². The lowest BCUT2D eigenvalue weighted by atomic mass is 10.0. The lowest BCUT2D eigenvalue weighted by molar-refractivity contribution is 0.0943. The zero-order valence-electron chi connectivity index (χ0n) is 10.5. The number of likely N-dealkylation sites (N-methyl/N-ethyl adjacent to an activating group) is 1. The minimum absolute atomic E-state index is 0.0282. The number of thiophene rings is 1. The first kappa shape index (κ1) is 12.4. The van der Waals surface area contributed by atoms with Crippen LogP contribution in [0.3, 0.4) is 0 Å². The number of carbonyl (C=O) groups excluding carboxylic acids is 1. The molecule has 1 aromatic heterocycles. The molecule has 5 heteroatoms. The van der Waals surface area contributed by atoms with Crippen LogP contribution in [-0.2, 0) is 13.0 Å². The first-order chi connectivity index (χ1) is 7.99. The van der Waals surface area contributed by atoms with E-state index in [1.807, 2.05) is 13.8 Å². The molecule has 0 atom stereocenters. The molecule has 0 saturated carbocycles. The smallest absolute Gasteiger partial charge is 0.254 e. The standard InChI is InChI=1S/C12H19N3OS/c1-7(2)14-12(16)10-8-4-5-15(3)6-9(8)17-11(10)13/h7H,4-6,13H2,1-3H3,(H,14,16). The number of fused-ring (bicyclic) bond motifs is 1. The van der Waals surface area contributed by atoms with E-state index in [-0.39, 0.29) is 11.9 Å². The second-order valence-corrected chi connectivity index (χ2v) is 6.00. The van der Waals surface area contributed by atoms with Crippen LogP contribution in [-0.4, -0.2) is 30.4 Å². The minimum atomic E-state index is -0.0282. The Morgan fingerprint density at radius 1 is 1.53 bits per heavy atom. The molecule has 0 spiro atoms. The summed E-state index contributed by atoms with van der Waals surface area (Å²) in [6.45, 7) is 5.81. The first-order valence-corrected chi connectivity index (χ1v) is 6.70. The molecule has 0 saturated heterocycles. The number of nitrogens with zero attached hydrogens (tertiary/aromatic N) is 1. The van der Waals surface area contributed by atoms with E-state index < -0.39 is 0 Å². The lowest BCUT2D eigenvalue weighted by Gasteiger charge is -2.22. The van der Waals surface area contributed by atoms with Crippen LogP contribution in [0.2, 0.25) is 0 Å². The van der Waals surface area contributed by atoms with Gasteiger partial charge in [0.05, 0.1) is 10.6 Å². The summed E-state index contributed by atoms with van der Waals surface area (Å²) in [4.78, 5) is 15.6.